The van der Waals surface area contributed by atoms with Crippen molar-refractivity contribution >= 4 is 11.8 Å². The first-order chi connectivity index (χ1) is 12.6. The average molecular weight is 381 g/mol. The van der Waals surface area contributed by atoms with E-state index in [0.29, 0.717) is 12.8 Å². The highest BCUT2D eigenvalue weighted by atomic mass is 16.6. The molecule has 0 aromatic rings. The quantitative estimate of drug-likeness (QED) is 0.735. The highest BCUT2D eigenvalue weighted by Gasteiger charge is 2.68. The maximum atomic E-state index is 13.1. The van der Waals surface area contributed by atoms with Gasteiger partial charge in [-0.2, -0.15) is 0 Å². The zero-order valence-corrected chi connectivity index (χ0v) is 17.5. The number of aliphatic hydroxyl groups excluding tert-OH is 2. The van der Waals surface area contributed by atoms with Crippen LogP contribution >= 0.6 is 0 Å². The molecule has 0 heterocycles. The number of ketones is 1. The maximum absolute atomic E-state index is 13.1. The molecular formula is C22H36O5. The number of Topliss-reactive ketones (excluding diaryl/α,β-unsaturated/α-hetero) is 1. The van der Waals surface area contributed by atoms with Crippen molar-refractivity contribution in [2.75, 3.05) is 6.61 Å². The van der Waals surface area contributed by atoms with E-state index in [0.717, 1.165) is 25.7 Å². The van der Waals surface area contributed by atoms with Gasteiger partial charge in [-0.25, -0.2) is 4.79 Å². The molecule has 27 heavy (non-hydrogen) atoms. The van der Waals surface area contributed by atoms with Crippen LogP contribution in [-0.4, -0.2) is 40.8 Å². The summed E-state index contributed by atoms with van der Waals surface area (Å²) in [4.78, 5) is 25.2. The minimum Gasteiger partial charge on any atom is -0.460 e. The van der Waals surface area contributed by atoms with Gasteiger partial charge in [0.15, 0.2) is 0 Å². The molecule has 5 nitrogen and oxygen atoms in total. The first-order valence-corrected chi connectivity index (χ1v) is 10.6. The number of hydrogen-bond acceptors (Lipinski definition) is 5. The van der Waals surface area contributed by atoms with Gasteiger partial charge in [-0.1, -0.05) is 34.6 Å². The summed E-state index contributed by atoms with van der Waals surface area (Å²) >= 11 is 0. The SMILES string of the molecule is CC[C@]1(C)C[C@@H](OC(=O)CO)[C@]2(C)[C@H](C)CC[C@@]3(CCC(=O)[C@H]32)[C@@H](C)[C@@H]1O. The predicted octanol–water partition coefficient (Wildman–Crippen LogP) is 3.11. The molecule has 3 aliphatic rings. The standard InChI is InChI=1S/C22H36O5/c1-6-20(4)11-16(27-17(25)12-23)21(5)13(2)7-9-22(14(3)19(20)26)10-8-15(24)18(21)22/h13-14,16,18-19,23,26H,6-12H2,1-5H3/t13-,14+,16-,18+,19+,20-,21+,22-/m1/s1. The molecule has 3 fully saturated rings. The molecule has 2 bridgehead atoms. The Hall–Kier alpha value is -0.940. The topological polar surface area (TPSA) is 83.8 Å². The van der Waals surface area contributed by atoms with Crippen LogP contribution in [0.3, 0.4) is 0 Å². The van der Waals surface area contributed by atoms with Gasteiger partial charge in [-0.05, 0) is 54.8 Å². The molecule has 0 saturated heterocycles. The third-order valence-corrected chi connectivity index (χ3v) is 9.11. The van der Waals surface area contributed by atoms with Crippen LogP contribution in [0.2, 0.25) is 0 Å². The molecule has 0 spiro atoms. The summed E-state index contributed by atoms with van der Waals surface area (Å²) < 4.78 is 5.82. The molecule has 3 rings (SSSR count). The fourth-order valence-corrected chi connectivity index (χ4v) is 6.90. The normalized spacial score (nSPS) is 49.9. The first kappa shape index (κ1) is 20.8. The number of aliphatic hydroxyl groups is 2. The van der Waals surface area contributed by atoms with Crippen molar-refractivity contribution in [3.63, 3.8) is 0 Å². The molecule has 0 aromatic carbocycles. The molecule has 0 aliphatic heterocycles. The van der Waals surface area contributed by atoms with Crippen LogP contribution in [0.5, 0.6) is 0 Å². The summed E-state index contributed by atoms with van der Waals surface area (Å²) in [6.07, 6.45) is 3.53. The van der Waals surface area contributed by atoms with Gasteiger partial charge in [-0.3, -0.25) is 4.79 Å². The lowest BCUT2D eigenvalue weighted by Gasteiger charge is -2.62. The number of esters is 1. The Morgan fingerprint density at radius 1 is 1.26 bits per heavy atom. The Morgan fingerprint density at radius 3 is 2.52 bits per heavy atom. The maximum Gasteiger partial charge on any atom is 0.332 e. The van der Waals surface area contributed by atoms with Gasteiger partial charge in [0.05, 0.1) is 6.10 Å². The molecule has 8 atom stereocenters. The summed E-state index contributed by atoms with van der Waals surface area (Å²) in [5.74, 6) is -0.320. The van der Waals surface area contributed by atoms with Crippen molar-refractivity contribution in [3.8, 4) is 0 Å². The van der Waals surface area contributed by atoms with Crippen molar-refractivity contribution in [3.05, 3.63) is 0 Å². The van der Waals surface area contributed by atoms with E-state index < -0.39 is 35.6 Å². The van der Waals surface area contributed by atoms with E-state index in [-0.39, 0.29) is 29.0 Å². The summed E-state index contributed by atoms with van der Waals surface area (Å²) in [5.41, 5.74) is -1.10. The van der Waals surface area contributed by atoms with Gasteiger partial charge in [-0.15, -0.1) is 0 Å². The van der Waals surface area contributed by atoms with Crippen LogP contribution in [0.25, 0.3) is 0 Å². The van der Waals surface area contributed by atoms with Crippen LogP contribution in [0.15, 0.2) is 0 Å². The summed E-state index contributed by atoms with van der Waals surface area (Å²) in [7, 11) is 0. The molecule has 0 radical (unpaired) electrons. The number of hydrogen-bond donors (Lipinski definition) is 2. The Labute approximate surface area is 162 Å². The zero-order chi connectivity index (χ0) is 20.2. The number of carbonyl (C=O) groups excluding carboxylic acids is 2. The second-order valence-corrected chi connectivity index (χ2v) is 10.0. The molecule has 0 unspecified atom stereocenters. The van der Waals surface area contributed by atoms with Crippen molar-refractivity contribution in [2.24, 2.45) is 34.0 Å². The number of carbonyl (C=O) groups is 2. The second-order valence-electron chi connectivity index (χ2n) is 10.0. The molecular weight excluding hydrogens is 344 g/mol. The second kappa shape index (κ2) is 6.84. The Kier molecular flexibility index (Phi) is 5.26. The fourth-order valence-electron chi connectivity index (χ4n) is 6.90. The van der Waals surface area contributed by atoms with E-state index in [4.69, 9.17) is 4.74 Å². The van der Waals surface area contributed by atoms with E-state index in [1.54, 1.807) is 0 Å². The van der Waals surface area contributed by atoms with E-state index in [2.05, 4.69) is 34.6 Å². The van der Waals surface area contributed by atoms with Gasteiger partial charge in [0.25, 0.3) is 0 Å². The number of ether oxygens (including phenoxy) is 1. The molecule has 3 saturated carbocycles. The molecule has 0 amide bonds. The van der Waals surface area contributed by atoms with Crippen LogP contribution < -0.4 is 0 Å². The molecule has 2 N–H and O–H groups in total. The van der Waals surface area contributed by atoms with Gasteiger partial charge in [0, 0.05) is 17.8 Å². The van der Waals surface area contributed by atoms with Gasteiger partial charge < -0.3 is 14.9 Å². The van der Waals surface area contributed by atoms with E-state index in [1.165, 1.54) is 0 Å². The third kappa shape index (κ3) is 2.79. The zero-order valence-electron chi connectivity index (χ0n) is 17.5. The van der Waals surface area contributed by atoms with Crippen molar-refractivity contribution < 1.29 is 24.5 Å². The summed E-state index contributed by atoms with van der Waals surface area (Å²) in [6.45, 7) is 9.90. The summed E-state index contributed by atoms with van der Waals surface area (Å²) in [6, 6.07) is 0. The predicted molar refractivity (Wildman–Crippen MR) is 102 cm³/mol. The van der Waals surface area contributed by atoms with Crippen molar-refractivity contribution in [1.82, 2.24) is 0 Å². The Bertz CT molecular complexity index is 618. The lowest BCUT2D eigenvalue weighted by Crippen LogP contribution is -2.63. The highest BCUT2D eigenvalue weighted by Crippen LogP contribution is 2.68. The highest BCUT2D eigenvalue weighted by molar-refractivity contribution is 5.85. The van der Waals surface area contributed by atoms with Gasteiger partial charge in [0.2, 0.25) is 0 Å². The van der Waals surface area contributed by atoms with Crippen LogP contribution in [0.4, 0.5) is 0 Å². The first-order valence-electron chi connectivity index (χ1n) is 10.6. The average Bonchev–Trinajstić information content (AvgIpc) is 3.00. The molecule has 5 heteroatoms. The molecule has 0 aromatic heterocycles. The molecule has 154 valence electrons. The van der Waals surface area contributed by atoms with Crippen LogP contribution in [0.1, 0.15) is 73.1 Å². The monoisotopic (exact) mass is 380 g/mol. The van der Waals surface area contributed by atoms with E-state index in [1.807, 2.05) is 0 Å². The lowest BCUT2D eigenvalue weighted by atomic mass is 9.43. The Morgan fingerprint density at radius 2 is 1.93 bits per heavy atom. The van der Waals surface area contributed by atoms with E-state index >= 15 is 0 Å². The fraction of sp³-hybridized carbons (Fsp3) is 0.909. The number of rotatable bonds is 3. The lowest BCUT2D eigenvalue weighted by molar-refractivity contribution is -0.213. The van der Waals surface area contributed by atoms with Crippen molar-refractivity contribution in [2.45, 2.75) is 85.4 Å². The van der Waals surface area contributed by atoms with Crippen LogP contribution in [-0.2, 0) is 14.3 Å². The van der Waals surface area contributed by atoms with Crippen LogP contribution in [0, 0.1) is 34.0 Å². The minimum atomic E-state index is -0.660. The molecule has 3 aliphatic carbocycles. The van der Waals surface area contributed by atoms with E-state index in [9.17, 15) is 19.8 Å². The van der Waals surface area contributed by atoms with Gasteiger partial charge in [0.1, 0.15) is 18.5 Å². The van der Waals surface area contributed by atoms with Crippen molar-refractivity contribution in [1.29, 1.82) is 0 Å². The third-order valence-electron chi connectivity index (χ3n) is 9.11. The smallest absolute Gasteiger partial charge is 0.332 e. The van der Waals surface area contributed by atoms with Gasteiger partial charge >= 0.3 is 5.97 Å². The minimum absolute atomic E-state index is 0.0280. The summed E-state index contributed by atoms with van der Waals surface area (Å²) in [5, 5.41) is 20.7. The largest absolute Gasteiger partial charge is 0.460 e. The Balaban J connectivity index is 2.19.